The Bertz CT molecular complexity index is 716. The van der Waals surface area contributed by atoms with E-state index in [4.69, 9.17) is 0 Å². The van der Waals surface area contributed by atoms with E-state index in [-0.39, 0.29) is 5.91 Å². The topological polar surface area (TPSA) is 97.6 Å². The van der Waals surface area contributed by atoms with Crippen LogP contribution in [0.25, 0.3) is 0 Å². The fourth-order valence-electron chi connectivity index (χ4n) is 3.19. The first kappa shape index (κ1) is 17.9. The minimum Gasteiger partial charge on any atom is -0.317 e. The van der Waals surface area contributed by atoms with Gasteiger partial charge in [-0.05, 0) is 45.7 Å². The molecule has 2 aromatic rings. The second kappa shape index (κ2) is 8.01. The number of carbonyl (C=O) groups excluding carboxylic acids is 1. The minimum atomic E-state index is -0.273. The van der Waals surface area contributed by atoms with Crippen molar-refractivity contribution in [2.75, 3.05) is 18.4 Å². The minimum absolute atomic E-state index is 0.273. The number of nitrogens with zero attached hydrogens (tertiary/aromatic N) is 5. The van der Waals surface area contributed by atoms with Gasteiger partial charge in [0.05, 0.1) is 11.7 Å². The highest BCUT2D eigenvalue weighted by Crippen LogP contribution is 2.28. The maximum absolute atomic E-state index is 12.5. The van der Waals surface area contributed by atoms with Crippen molar-refractivity contribution in [2.24, 2.45) is 0 Å². The molecule has 1 saturated heterocycles. The summed E-state index contributed by atoms with van der Waals surface area (Å²) >= 11 is 1.44. The SMILES string of the molecule is CCC(CC)c1nnc(NC(=O)c2nnn(C3CCNCC3)c2C)s1. The zero-order valence-corrected chi connectivity index (χ0v) is 15.8. The van der Waals surface area contributed by atoms with E-state index in [9.17, 15) is 4.79 Å². The van der Waals surface area contributed by atoms with Gasteiger partial charge in [-0.2, -0.15) is 0 Å². The summed E-state index contributed by atoms with van der Waals surface area (Å²) in [6, 6.07) is 0.304. The van der Waals surface area contributed by atoms with Gasteiger partial charge < -0.3 is 5.32 Å². The summed E-state index contributed by atoms with van der Waals surface area (Å²) < 4.78 is 1.88. The second-order valence-corrected chi connectivity index (χ2v) is 7.37. The number of amides is 1. The Hall–Kier alpha value is -1.87. The summed E-state index contributed by atoms with van der Waals surface area (Å²) in [5, 5.41) is 24.2. The number of hydrogen-bond donors (Lipinski definition) is 2. The van der Waals surface area contributed by atoms with E-state index in [0.717, 1.165) is 49.5 Å². The van der Waals surface area contributed by atoms with Crippen LogP contribution in [-0.2, 0) is 0 Å². The second-order valence-electron chi connectivity index (χ2n) is 6.36. The van der Waals surface area contributed by atoms with Crippen LogP contribution in [0.4, 0.5) is 5.13 Å². The number of nitrogens with one attached hydrogen (secondary N) is 2. The molecule has 3 heterocycles. The number of rotatable bonds is 6. The number of aromatic nitrogens is 5. The van der Waals surface area contributed by atoms with Gasteiger partial charge >= 0.3 is 0 Å². The summed E-state index contributed by atoms with van der Waals surface area (Å²) in [6.45, 7) is 8.10. The predicted octanol–water partition coefficient (Wildman–Crippen LogP) is 2.52. The third kappa shape index (κ3) is 3.87. The largest absolute Gasteiger partial charge is 0.317 e. The molecule has 0 spiro atoms. The molecule has 136 valence electrons. The molecule has 1 fully saturated rings. The van der Waals surface area contributed by atoms with Crippen LogP contribution in [0.15, 0.2) is 0 Å². The predicted molar refractivity (Wildman–Crippen MR) is 97.1 cm³/mol. The van der Waals surface area contributed by atoms with E-state index in [1.165, 1.54) is 11.3 Å². The van der Waals surface area contributed by atoms with E-state index in [2.05, 4.69) is 45.0 Å². The van der Waals surface area contributed by atoms with Crippen LogP contribution in [0, 0.1) is 6.92 Å². The lowest BCUT2D eigenvalue weighted by Gasteiger charge is -2.23. The summed E-state index contributed by atoms with van der Waals surface area (Å²) in [5.74, 6) is 0.121. The van der Waals surface area contributed by atoms with Crippen molar-refractivity contribution in [3.63, 3.8) is 0 Å². The first-order valence-corrected chi connectivity index (χ1v) is 9.72. The number of piperidine rings is 1. The fraction of sp³-hybridized carbons (Fsp3) is 0.688. The Labute approximate surface area is 151 Å². The molecule has 8 nitrogen and oxygen atoms in total. The molecule has 1 aliphatic heterocycles. The molecule has 0 unspecified atom stereocenters. The average Bonchev–Trinajstić information content (AvgIpc) is 3.24. The van der Waals surface area contributed by atoms with Crippen molar-refractivity contribution in [1.29, 1.82) is 0 Å². The van der Waals surface area contributed by atoms with Crippen LogP contribution in [-0.4, -0.2) is 44.2 Å². The van der Waals surface area contributed by atoms with Gasteiger partial charge in [-0.25, -0.2) is 4.68 Å². The highest BCUT2D eigenvalue weighted by atomic mass is 32.1. The van der Waals surface area contributed by atoms with Crippen LogP contribution in [0.2, 0.25) is 0 Å². The van der Waals surface area contributed by atoms with Crippen molar-refractivity contribution in [2.45, 2.75) is 58.4 Å². The highest BCUT2D eigenvalue weighted by molar-refractivity contribution is 7.15. The Morgan fingerprint density at radius 3 is 2.68 bits per heavy atom. The standard InChI is InChI=1S/C16H25N7OS/c1-4-11(5-2)15-20-21-16(25-15)18-14(24)13-10(3)23(22-19-13)12-6-8-17-9-7-12/h11-12,17H,4-9H2,1-3H3,(H,18,21,24). The lowest BCUT2D eigenvalue weighted by atomic mass is 10.1. The quantitative estimate of drug-likeness (QED) is 0.818. The number of hydrogen-bond acceptors (Lipinski definition) is 7. The van der Waals surface area contributed by atoms with Crippen molar-refractivity contribution >= 4 is 22.4 Å². The van der Waals surface area contributed by atoms with Crippen molar-refractivity contribution < 1.29 is 4.79 Å². The molecule has 1 aliphatic rings. The maximum Gasteiger partial charge on any atom is 0.279 e. The molecular formula is C16H25N7OS. The molecule has 0 atom stereocenters. The van der Waals surface area contributed by atoms with E-state index in [1.54, 1.807) is 0 Å². The molecule has 0 radical (unpaired) electrons. The zero-order valence-electron chi connectivity index (χ0n) is 14.9. The third-order valence-electron chi connectivity index (χ3n) is 4.79. The summed E-state index contributed by atoms with van der Waals surface area (Å²) in [6.07, 6.45) is 4.03. The summed E-state index contributed by atoms with van der Waals surface area (Å²) in [4.78, 5) is 12.5. The molecule has 2 N–H and O–H groups in total. The van der Waals surface area contributed by atoms with E-state index in [1.807, 2.05) is 11.6 Å². The van der Waals surface area contributed by atoms with Crippen LogP contribution in [0.5, 0.6) is 0 Å². The molecule has 0 saturated carbocycles. The molecule has 3 rings (SSSR count). The van der Waals surface area contributed by atoms with Gasteiger partial charge in [0.2, 0.25) is 5.13 Å². The third-order valence-corrected chi connectivity index (χ3v) is 5.79. The van der Waals surface area contributed by atoms with Crippen LogP contribution < -0.4 is 10.6 Å². The monoisotopic (exact) mass is 363 g/mol. The first-order valence-electron chi connectivity index (χ1n) is 8.91. The Morgan fingerprint density at radius 1 is 1.28 bits per heavy atom. The molecule has 25 heavy (non-hydrogen) atoms. The summed E-state index contributed by atoms with van der Waals surface area (Å²) in [5.41, 5.74) is 1.16. The number of carbonyl (C=O) groups is 1. The Kier molecular flexibility index (Phi) is 5.74. The Balaban J connectivity index is 1.70. The van der Waals surface area contributed by atoms with E-state index < -0.39 is 0 Å². The van der Waals surface area contributed by atoms with Crippen molar-refractivity contribution in [3.05, 3.63) is 16.4 Å². The zero-order chi connectivity index (χ0) is 17.8. The smallest absolute Gasteiger partial charge is 0.279 e. The van der Waals surface area contributed by atoms with E-state index in [0.29, 0.717) is 22.8 Å². The van der Waals surface area contributed by atoms with Gasteiger partial charge in [-0.15, -0.1) is 15.3 Å². The molecule has 0 aliphatic carbocycles. The number of anilines is 1. The van der Waals surface area contributed by atoms with Gasteiger partial charge in [0, 0.05) is 5.92 Å². The molecule has 0 bridgehead atoms. The molecular weight excluding hydrogens is 338 g/mol. The fourth-order valence-corrected chi connectivity index (χ4v) is 4.20. The van der Waals surface area contributed by atoms with Gasteiger partial charge in [-0.3, -0.25) is 10.1 Å². The van der Waals surface area contributed by atoms with Gasteiger partial charge in [-0.1, -0.05) is 30.4 Å². The highest BCUT2D eigenvalue weighted by Gasteiger charge is 2.24. The van der Waals surface area contributed by atoms with Crippen LogP contribution >= 0.6 is 11.3 Å². The average molecular weight is 363 g/mol. The van der Waals surface area contributed by atoms with Crippen LogP contribution in [0.3, 0.4) is 0 Å². The van der Waals surface area contributed by atoms with Crippen LogP contribution in [0.1, 0.15) is 72.7 Å². The lowest BCUT2D eigenvalue weighted by molar-refractivity contribution is 0.102. The van der Waals surface area contributed by atoms with Crippen molar-refractivity contribution in [1.82, 2.24) is 30.5 Å². The molecule has 0 aromatic carbocycles. The van der Waals surface area contributed by atoms with Gasteiger partial charge in [0.15, 0.2) is 5.69 Å². The van der Waals surface area contributed by atoms with E-state index >= 15 is 0 Å². The molecule has 9 heteroatoms. The van der Waals surface area contributed by atoms with Crippen molar-refractivity contribution in [3.8, 4) is 0 Å². The lowest BCUT2D eigenvalue weighted by Crippen LogP contribution is -2.30. The summed E-state index contributed by atoms with van der Waals surface area (Å²) in [7, 11) is 0. The Morgan fingerprint density at radius 2 is 2.00 bits per heavy atom. The molecule has 1 amide bonds. The maximum atomic E-state index is 12.5. The van der Waals surface area contributed by atoms with Gasteiger partial charge in [0.1, 0.15) is 5.01 Å². The normalized spacial score (nSPS) is 15.7. The van der Waals surface area contributed by atoms with Gasteiger partial charge in [0.25, 0.3) is 5.91 Å². The first-order chi connectivity index (χ1) is 12.1. The molecule has 2 aromatic heterocycles.